The molecule has 30 heavy (non-hydrogen) atoms. The van der Waals surface area contributed by atoms with Gasteiger partial charge in [-0.05, 0) is 61.2 Å². The summed E-state index contributed by atoms with van der Waals surface area (Å²) in [7, 11) is 0. The van der Waals surface area contributed by atoms with Crippen LogP contribution in [0.3, 0.4) is 0 Å². The van der Waals surface area contributed by atoms with E-state index in [2.05, 4.69) is 10.6 Å². The van der Waals surface area contributed by atoms with Crippen molar-refractivity contribution in [1.29, 1.82) is 0 Å². The molecule has 0 spiro atoms. The molecule has 1 fully saturated rings. The summed E-state index contributed by atoms with van der Waals surface area (Å²) in [4.78, 5) is 39.8. The topological polar surface area (TPSA) is 78.5 Å². The molecule has 0 saturated carbocycles. The standard InChI is InChI=1S/C23H26ClN3O3/c1-15(2)20(26-21(28)16-8-10-18(24)11-9-16)22(29)25-19-7-5-6-17(14-19)23(30)27-12-3-4-13-27/h5-11,14-15,20H,3-4,12-13H2,1-2H3,(H,25,29)(H,26,28). The maximum absolute atomic E-state index is 12.9. The number of benzene rings is 2. The van der Waals surface area contributed by atoms with Gasteiger partial charge in [-0.25, -0.2) is 0 Å². The Morgan fingerprint density at radius 1 is 0.967 bits per heavy atom. The molecule has 0 radical (unpaired) electrons. The van der Waals surface area contributed by atoms with Gasteiger partial charge in [0.2, 0.25) is 5.91 Å². The lowest BCUT2D eigenvalue weighted by atomic mass is 10.0. The Balaban J connectivity index is 1.69. The first-order valence-corrected chi connectivity index (χ1v) is 10.5. The summed E-state index contributed by atoms with van der Waals surface area (Å²) in [5, 5.41) is 6.15. The van der Waals surface area contributed by atoms with Crippen molar-refractivity contribution >= 4 is 35.0 Å². The zero-order chi connectivity index (χ0) is 21.7. The van der Waals surface area contributed by atoms with Crippen LogP contribution in [-0.4, -0.2) is 41.8 Å². The van der Waals surface area contributed by atoms with Gasteiger partial charge in [-0.2, -0.15) is 0 Å². The van der Waals surface area contributed by atoms with Crippen LogP contribution in [0.1, 0.15) is 47.4 Å². The number of hydrogen-bond acceptors (Lipinski definition) is 3. The van der Waals surface area contributed by atoms with Gasteiger partial charge in [-0.3, -0.25) is 14.4 Å². The van der Waals surface area contributed by atoms with Crippen molar-refractivity contribution in [2.75, 3.05) is 18.4 Å². The van der Waals surface area contributed by atoms with E-state index in [9.17, 15) is 14.4 Å². The number of nitrogens with zero attached hydrogens (tertiary/aromatic N) is 1. The van der Waals surface area contributed by atoms with Gasteiger partial charge in [0.25, 0.3) is 11.8 Å². The fraction of sp³-hybridized carbons (Fsp3) is 0.348. The fourth-order valence-electron chi connectivity index (χ4n) is 3.41. The molecule has 2 aromatic rings. The van der Waals surface area contributed by atoms with Crippen LogP contribution in [0.5, 0.6) is 0 Å². The number of nitrogens with one attached hydrogen (secondary N) is 2. The number of halogens is 1. The van der Waals surface area contributed by atoms with E-state index in [0.717, 1.165) is 25.9 Å². The molecule has 3 amide bonds. The van der Waals surface area contributed by atoms with Crippen molar-refractivity contribution in [3.8, 4) is 0 Å². The zero-order valence-corrected chi connectivity index (χ0v) is 17.9. The molecule has 1 heterocycles. The molecule has 0 aromatic heterocycles. The van der Waals surface area contributed by atoms with E-state index in [4.69, 9.17) is 11.6 Å². The summed E-state index contributed by atoms with van der Waals surface area (Å²) < 4.78 is 0. The smallest absolute Gasteiger partial charge is 0.253 e. The lowest BCUT2D eigenvalue weighted by Gasteiger charge is -2.22. The maximum Gasteiger partial charge on any atom is 0.253 e. The van der Waals surface area contributed by atoms with E-state index in [1.807, 2.05) is 18.7 Å². The van der Waals surface area contributed by atoms with Crippen molar-refractivity contribution in [3.05, 3.63) is 64.7 Å². The third-order valence-corrected chi connectivity index (χ3v) is 5.36. The lowest BCUT2D eigenvalue weighted by Crippen LogP contribution is -2.47. The second-order valence-corrected chi connectivity index (χ2v) is 8.21. The molecule has 158 valence electrons. The lowest BCUT2D eigenvalue weighted by molar-refractivity contribution is -0.118. The first-order valence-electron chi connectivity index (χ1n) is 10.1. The van der Waals surface area contributed by atoms with Gasteiger partial charge in [0.15, 0.2) is 0 Å². The number of carbonyl (C=O) groups excluding carboxylic acids is 3. The monoisotopic (exact) mass is 427 g/mol. The Bertz CT molecular complexity index is 922. The van der Waals surface area contributed by atoms with Crippen molar-refractivity contribution in [2.24, 2.45) is 5.92 Å². The van der Waals surface area contributed by atoms with Crippen LogP contribution >= 0.6 is 11.6 Å². The molecule has 7 heteroatoms. The summed E-state index contributed by atoms with van der Waals surface area (Å²) >= 11 is 5.87. The zero-order valence-electron chi connectivity index (χ0n) is 17.2. The Hall–Kier alpha value is -2.86. The Morgan fingerprint density at radius 2 is 1.63 bits per heavy atom. The van der Waals surface area contributed by atoms with Gasteiger partial charge < -0.3 is 15.5 Å². The molecule has 1 aliphatic rings. The van der Waals surface area contributed by atoms with Crippen LogP contribution in [0.15, 0.2) is 48.5 Å². The Kier molecular flexibility index (Phi) is 7.11. The predicted molar refractivity (Wildman–Crippen MR) is 118 cm³/mol. The first-order chi connectivity index (χ1) is 14.3. The van der Waals surface area contributed by atoms with E-state index in [0.29, 0.717) is 21.8 Å². The highest BCUT2D eigenvalue weighted by Crippen LogP contribution is 2.17. The molecule has 0 aliphatic carbocycles. The van der Waals surface area contributed by atoms with Gasteiger partial charge in [-0.1, -0.05) is 31.5 Å². The number of carbonyl (C=O) groups is 3. The number of hydrogen-bond donors (Lipinski definition) is 2. The largest absolute Gasteiger partial charge is 0.340 e. The van der Waals surface area contributed by atoms with Crippen molar-refractivity contribution < 1.29 is 14.4 Å². The first kappa shape index (κ1) is 21.8. The van der Waals surface area contributed by atoms with Crippen molar-refractivity contribution in [3.63, 3.8) is 0 Å². The third kappa shape index (κ3) is 5.39. The SMILES string of the molecule is CC(C)C(NC(=O)c1ccc(Cl)cc1)C(=O)Nc1cccc(C(=O)N2CCCC2)c1. The summed E-state index contributed by atoms with van der Waals surface area (Å²) in [6.45, 7) is 5.25. The van der Waals surface area contributed by atoms with E-state index >= 15 is 0 Å². The molecular weight excluding hydrogens is 402 g/mol. The Labute approximate surface area is 181 Å². The highest BCUT2D eigenvalue weighted by atomic mass is 35.5. The van der Waals surface area contributed by atoms with Crippen molar-refractivity contribution in [2.45, 2.75) is 32.7 Å². The molecule has 6 nitrogen and oxygen atoms in total. The van der Waals surface area contributed by atoms with Crippen LogP contribution in [-0.2, 0) is 4.79 Å². The number of likely N-dealkylation sites (tertiary alicyclic amines) is 1. The van der Waals surface area contributed by atoms with Gasteiger partial charge >= 0.3 is 0 Å². The molecule has 1 atom stereocenters. The van der Waals surface area contributed by atoms with E-state index in [1.165, 1.54) is 0 Å². The maximum atomic E-state index is 12.9. The summed E-state index contributed by atoms with van der Waals surface area (Å²) in [5.41, 5.74) is 1.49. The summed E-state index contributed by atoms with van der Waals surface area (Å²) in [6, 6.07) is 12.7. The predicted octanol–water partition coefficient (Wildman–Crippen LogP) is 3.97. The summed E-state index contributed by atoms with van der Waals surface area (Å²) in [6.07, 6.45) is 2.04. The minimum Gasteiger partial charge on any atom is -0.340 e. The number of anilines is 1. The van der Waals surface area contributed by atoms with Crippen LogP contribution in [0, 0.1) is 5.92 Å². The minimum absolute atomic E-state index is 0.0277. The highest BCUT2D eigenvalue weighted by Gasteiger charge is 2.25. The molecular formula is C23H26ClN3O3. The average molecular weight is 428 g/mol. The highest BCUT2D eigenvalue weighted by molar-refractivity contribution is 6.30. The van der Waals surface area contributed by atoms with Crippen LogP contribution in [0.25, 0.3) is 0 Å². The summed E-state index contributed by atoms with van der Waals surface area (Å²) in [5.74, 6) is -0.840. The number of amides is 3. The average Bonchev–Trinajstić information content (AvgIpc) is 3.26. The molecule has 1 saturated heterocycles. The molecule has 0 bridgehead atoms. The minimum atomic E-state index is -0.730. The van der Waals surface area contributed by atoms with Gasteiger partial charge in [-0.15, -0.1) is 0 Å². The second-order valence-electron chi connectivity index (χ2n) is 7.77. The van der Waals surface area contributed by atoms with Gasteiger partial charge in [0.1, 0.15) is 6.04 Å². The van der Waals surface area contributed by atoms with E-state index in [-0.39, 0.29) is 23.6 Å². The fourth-order valence-corrected chi connectivity index (χ4v) is 3.54. The van der Waals surface area contributed by atoms with E-state index in [1.54, 1.807) is 48.5 Å². The molecule has 1 aliphatic heterocycles. The molecule has 3 rings (SSSR count). The van der Waals surface area contributed by atoms with Gasteiger partial charge in [0, 0.05) is 34.9 Å². The van der Waals surface area contributed by atoms with Crippen LogP contribution in [0.2, 0.25) is 5.02 Å². The quantitative estimate of drug-likeness (QED) is 0.732. The van der Waals surface area contributed by atoms with Crippen LogP contribution in [0.4, 0.5) is 5.69 Å². The molecule has 1 unspecified atom stereocenters. The molecule has 2 N–H and O–H groups in total. The second kappa shape index (κ2) is 9.76. The van der Waals surface area contributed by atoms with Crippen LogP contribution < -0.4 is 10.6 Å². The van der Waals surface area contributed by atoms with Gasteiger partial charge in [0.05, 0.1) is 0 Å². The molecule has 2 aromatic carbocycles. The number of rotatable bonds is 6. The van der Waals surface area contributed by atoms with Crippen molar-refractivity contribution in [1.82, 2.24) is 10.2 Å². The Morgan fingerprint density at radius 3 is 2.27 bits per heavy atom. The van der Waals surface area contributed by atoms with E-state index < -0.39 is 6.04 Å². The normalized spacial score (nSPS) is 14.5. The third-order valence-electron chi connectivity index (χ3n) is 5.11.